The molecule has 2 rings (SSSR count). The number of hydrogen-bond donors (Lipinski definition) is 2. The number of anilines is 1. The Morgan fingerprint density at radius 3 is 3.16 bits per heavy atom. The number of nitrogens with zero attached hydrogens (tertiary/aromatic N) is 2. The van der Waals surface area contributed by atoms with Crippen molar-refractivity contribution in [2.24, 2.45) is 0 Å². The summed E-state index contributed by atoms with van der Waals surface area (Å²) in [5, 5.41) is 2.95. The Kier molecular flexibility index (Phi) is 4.76. The van der Waals surface area contributed by atoms with Crippen molar-refractivity contribution in [3.63, 3.8) is 0 Å². The van der Waals surface area contributed by atoms with Crippen LogP contribution >= 0.6 is 15.9 Å². The molecular formula is C13H19BrN4O. The average Bonchev–Trinajstić information content (AvgIpc) is 2.40. The second-order valence-electron chi connectivity index (χ2n) is 4.93. The van der Waals surface area contributed by atoms with Crippen molar-refractivity contribution in [1.29, 1.82) is 0 Å². The van der Waals surface area contributed by atoms with Crippen molar-refractivity contribution in [1.82, 2.24) is 15.2 Å². The summed E-state index contributed by atoms with van der Waals surface area (Å²) < 4.78 is 0.752. The number of amides is 1. The molecule has 0 bridgehead atoms. The molecule has 1 aromatic heterocycles. The summed E-state index contributed by atoms with van der Waals surface area (Å²) in [5.41, 5.74) is 6.15. The fraction of sp³-hybridized carbons (Fsp3) is 0.538. The Bertz CT molecular complexity index is 466. The molecule has 1 aliphatic rings. The second kappa shape index (κ2) is 6.34. The topological polar surface area (TPSA) is 71.2 Å². The summed E-state index contributed by atoms with van der Waals surface area (Å²) in [6.07, 6.45) is 5.18. The molecule has 1 amide bonds. The minimum atomic E-state index is -0.162. The molecule has 2 heterocycles. The molecule has 1 aromatic rings. The second-order valence-corrected chi connectivity index (χ2v) is 5.84. The Balaban J connectivity index is 1.95. The Hall–Kier alpha value is -1.14. The normalized spacial score (nSPS) is 20.2. The van der Waals surface area contributed by atoms with Gasteiger partial charge in [0, 0.05) is 23.3 Å². The Morgan fingerprint density at radius 1 is 1.63 bits per heavy atom. The summed E-state index contributed by atoms with van der Waals surface area (Å²) in [6.45, 7) is 1.75. The standard InChI is InChI=1S/C13H19BrN4O/c1-18-5-3-2-4-10(18)8-17-13(19)11-6-9(14)7-16-12(11)15/h6-7,10H,2-5,8H2,1H3,(H2,15,16)(H,17,19). The molecule has 0 saturated carbocycles. The number of carbonyl (C=O) groups is 1. The zero-order valence-electron chi connectivity index (χ0n) is 11.0. The minimum Gasteiger partial charge on any atom is -0.383 e. The molecule has 1 saturated heterocycles. The molecule has 1 aliphatic heterocycles. The Labute approximate surface area is 121 Å². The van der Waals surface area contributed by atoms with Crippen LogP contribution in [0.3, 0.4) is 0 Å². The van der Waals surface area contributed by atoms with Crippen molar-refractivity contribution >= 4 is 27.7 Å². The maximum absolute atomic E-state index is 12.1. The number of nitrogens with one attached hydrogen (secondary N) is 1. The number of halogens is 1. The van der Waals surface area contributed by atoms with Crippen LogP contribution in [0.2, 0.25) is 0 Å². The molecule has 19 heavy (non-hydrogen) atoms. The molecule has 1 unspecified atom stereocenters. The highest BCUT2D eigenvalue weighted by Crippen LogP contribution is 2.17. The number of nitrogens with two attached hydrogens (primary N) is 1. The van der Waals surface area contributed by atoms with Crippen LogP contribution in [0.5, 0.6) is 0 Å². The zero-order chi connectivity index (χ0) is 13.8. The summed E-state index contributed by atoms with van der Waals surface area (Å²) in [6, 6.07) is 2.11. The van der Waals surface area contributed by atoms with E-state index < -0.39 is 0 Å². The maximum Gasteiger partial charge on any atom is 0.255 e. The SMILES string of the molecule is CN1CCCCC1CNC(=O)c1cc(Br)cnc1N. The van der Waals surface area contributed by atoms with E-state index in [0.29, 0.717) is 18.2 Å². The van der Waals surface area contributed by atoms with Gasteiger partial charge < -0.3 is 16.0 Å². The van der Waals surface area contributed by atoms with E-state index in [4.69, 9.17) is 5.73 Å². The lowest BCUT2D eigenvalue weighted by molar-refractivity contribution is 0.0929. The summed E-state index contributed by atoms with van der Waals surface area (Å²) in [4.78, 5) is 18.4. The lowest BCUT2D eigenvalue weighted by Crippen LogP contribution is -2.44. The molecule has 1 atom stereocenters. The highest BCUT2D eigenvalue weighted by molar-refractivity contribution is 9.10. The van der Waals surface area contributed by atoms with Gasteiger partial charge in [0.25, 0.3) is 5.91 Å². The van der Waals surface area contributed by atoms with Crippen LogP contribution in [0, 0.1) is 0 Å². The number of nitrogen functional groups attached to an aromatic ring is 1. The first-order chi connectivity index (χ1) is 9.08. The molecule has 1 fully saturated rings. The molecule has 104 valence electrons. The molecule has 3 N–H and O–H groups in total. The third-order valence-corrected chi connectivity index (χ3v) is 3.98. The Morgan fingerprint density at radius 2 is 2.42 bits per heavy atom. The molecule has 0 aromatic carbocycles. The van der Waals surface area contributed by atoms with Crippen molar-refractivity contribution in [2.45, 2.75) is 25.3 Å². The monoisotopic (exact) mass is 326 g/mol. The molecule has 6 heteroatoms. The number of aromatic nitrogens is 1. The van der Waals surface area contributed by atoms with E-state index in [1.54, 1.807) is 12.3 Å². The third kappa shape index (κ3) is 3.67. The van der Waals surface area contributed by atoms with E-state index >= 15 is 0 Å². The highest BCUT2D eigenvalue weighted by atomic mass is 79.9. The number of piperidine rings is 1. The number of hydrogen-bond acceptors (Lipinski definition) is 4. The van der Waals surface area contributed by atoms with E-state index in [9.17, 15) is 4.79 Å². The number of pyridine rings is 1. The van der Waals surface area contributed by atoms with Crippen LogP contribution in [0.1, 0.15) is 29.6 Å². The molecular weight excluding hydrogens is 308 g/mol. The van der Waals surface area contributed by atoms with Crippen molar-refractivity contribution in [3.05, 3.63) is 22.3 Å². The van der Waals surface area contributed by atoms with Gasteiger partial charge in [-0.2, -0.15) is 0 Å². The van der Waals surface area contributed by atoms with Gasteiger partial charge in [-0.15, -0.1) is 0 Å². The lowest BCUT2D eigenvalue weighted by Gasteiger charge is -2.32. The lowest BCUT2D eigenvalue weighted by atomic mass is 10.0. The number of likely N-dealkylation sites (tertiary alicyclic amines) is 1. The van der Waals surface area contributed by atoms with Gasteiger partial charge in [-0.05, 0) is 48.4 Å². The predicted molar refractivity (Wildman–Crippen MR) is 79.0 cm³/mol. The first-order valence-electron chi connectivity index (χ1n) is 6.47. The van der Waals surface area contributed by atoms with E-state index in [-0.39, 0.29) is 11.7 Å². The number of carbonyl (C=O) groups excluding carboxylic acids is 1. The predicted octanol–water partition coefficient (Wildman–Crippen LogP) is 1.64. The van der Waals surface area contributed by atoms with Gasteiger partial charge >= 0.3 is 0 Å². The quantitative estimate of drug-likeness (QED) is 0.885. The van der Waals surface area contributed by atoms with Gasteiger partial charge in [0.2, 0.25) is 0 Å². The molecule has 0 radical (unpaired) electrons. The van der Waals surface area contributed by atoms with Gasteiger partial charge in [0.05, 0.1) is 5.56 Å². The molecule has 0 spiro atoms. The van der Waals surface area contributed by atoms with Crippen LogP contribution in [0.15, 0.2) is 16.7 Å². The van der Waals surface area contributed by atoms with Crippen molar-refractivity contribution < 1.29 is 4.79 Å². The number of rotatable bonds is 3. The zero-order valence-corrected chi connectivity index (χ0v) is 12.6. The van der Waals surface area contributed by atoms with Crippen molar-refractivity contribution in [3.8, 4) is 0 Å². The first kappa shape index (κ1) is 14.3. The summed E-state index contributed by atoms with van der Waals surface area (Å²) in [7, 11) is 2.10. The summed E-state index contributed by atoms with van der Waals surface area (Å²) >= 11 is 3.30. The number of likely N-dealkylation sites (N-methyl/N-ethyl adjacent to an activating group) is 1. The van der Waals surface area contributed by atoms with E-state index in [1.165, 1.54) is 12.8 Å². The van der Waals surface area contributed by atoms with E-state index in [0.717, 1.165) is 17.4 Å². The van der Waals surface area contributed by atoms with Gasteiger partial charge in [-0.1, -0.05) is 6.42 Å². The highest BCUT2D eigenvalue weighted by Gasteiger charge is 2.20. The molecule has 0 aliphatic carbocycles. The van der Waals surface area contributed by atoms with E-state index in [2.05, 4.69) is 38.2 Å². The van der Waals surface area contributed by atoms with E-state index in [1.807, 2.05) is 0 Å². The van der Waals surface area contributed by atoms with Gasteiger partial charge in [0.15, 0.2) is 0 Å². The maximum atomic E-state index is 12.1. The fourth-order valence-electron chi connectivity index (χ4n) is 2.34. The first-order valence-corrected chi connectivity index (χ1v) is 7.26. The van der Waals surface area contributed by atoms with Gasteiger partial charge in [0.1, 0.15) is 5.82 Å². The van der Waals surface area contributed by atoms with Crippen LogP contribution in [0.4, 0.5) is 5.82 Å². The van der Waals surface area contributed by atoms with Crippen LogP contribution in [-0.2, 0) is 0 Å². The third-order valence-electron chi connectivity index (χ3n) is 3.55. The smallest absolute Gasteiger partial charge is 0.255 e. The minimum absolute atomic E-state index is 0.162. The van der Waals surface area contributed by atoms with Crippen LogP contribution in [-0.4, -0.2) is 42.0 Å². The van der Waals surface area contributed by atoms with Gasteiger partial charge in [-0.3, -0.25) is 4.79 Å². The largest absolute Gasteiger partial charge is 0.383 e. The van der Waals surface area contributed by atoms with Crippen molar-refractivity contribution in [2.75, 3.05) is 25.9 Å². The molecule has 5 nitrogen and oxygen atoms in total. The van der Waals surface area contributed by atoms with Gasteiger partial charge in [-0.25, -0.2) is 4.98 Å². The fourth-order valence-corrected chi connectivity index (χ4v) is 2.67. The summed E-state index contributed by atoms with van der Waals surface area (Å²) in [5.74, 6) is 0.1000. The average molecular weight is 327 g/mol. The van der Waals surface area contributed by atoms with Crippen LogP contribution in [0.25, 0.3) is 0 Å². The van der Waals surface area contributed by atoms with Crippen LogP contribution < -0.4 is 11.1 Å².